The molecule has 1 aromatic heterocycles. The normalized spacial score (nSPS) is 20.8. The van der Waals surface area contributed by atoms with Gasteiger partial charge in [-0.3, -0.25) is 9.78 Å². The molecule has 2 saturated heterocycles. The van der Waals surface area contributed by atoms with E-state index in [1.807, 2.05) is 17.9 Å². The highest BCUT2D eigenvalue weighted by atomic mass is 16.6. The Bertz CT molecular complexity index is 643. The number of rotatable bonds is 3. The molecule has 7 nitrogen and oxygen atoms in total. The van der Waals surface area contributed by atoms with Crippen molar-refractivity contribution in [2.45, 2.75) is 26.7 Å². The molecule has 7 heteroatoms. The number of ether oxygens (including phenoxy) is 1. The van der Waals surface area contributed by atoms with E-state index < -0.39 is 0 Å². The third-order valence-corrected chi connectivity index (χ3v) is 5.09. The molecule has 0 saturated carbocycles. The molecule has 0 radical (unpaired) electrons. The summed E-state index contributed by atoms with van der Waals surface area (Å²) < 4.78 is 5.05. The zero-order chi connectivity index (χ0) is 18.5. The van der Waals surface area contributed by atoms with Crippen LogP contribution in [0.5, 0.6) is 0 Å². The Morgan fingerprint density at radius 1 is 1.15 bits per heavy atom. The van der Waals surface area contributed by atoms with E-state index in [0.717, 1.165) is 25.2 Å². The number of aromatic nitrogens is 1. The summed E-state index contributed by atoms with van der Waals surface area (Å²) in [7, 11) is 0. The quantitative estimate of drug-likeness (QED) is 0.827. The van der Waals surface area contributed by atoms with Gasteiger partial charge in [-0.2, -0.15) is 0 Å². The Hall–Kier alpha value is -2.31. The van der Waals surface area contributed by atoms with Gasteiger partial charge in [0.1, 0.15) is 0 Å². The highest BCUT2D eigenvalue weighted by molar-refractivity contribution is 5.94. The fourth-order valence-electron chi connectivity index (χ4n) is 3.64. The highest BCUT2D eigenvalue weighted by Gasteiger charge is 2.25. The van der Waals surface area contributed by atoms with Gasteiger partial charge in [-0.25, -0.2) is 4.79 Å². The fourth-order valence-corrected chi connectivity index (χ4v) is 3.64. The smallest absolute Gasteiger partial charge is 0.409 e. The number of nitrogens with zero attached hydrogens (tertiary/aromatic N) is 4. The van der Waals surface area contributed by atoms with Crippen LogP contribution in [0, 0.1) is 5.92 Å². The molecule has 0 spiro atoms. The first-order valence-corrected chi connectivity index (χ1v) is 9.49. The molecular formula is C19H28N4O3. The van der Waals surface area contributed by atoms with Crippen LogP contribution in [0.3, 0.4) is 0 Å². The SMILES string of the molecule is CCOC(=O)N1CCN(c2cncc(C(=O)N3CCCC(C)C3)c2)CC1. The number of pyridine rings is 1. The third kappa shape index (κ3) is 4.26. The average molecular weight is 360 g/mol. The van der Waals surface area contributed by atoms with Crippen LogP contribution >= 0.6 is 0 Å². The second kappa shape index (κ2) is 8.38. The van der Waals surface area contributed by atoms with Crippen LogP contribution < -0.4 is 4.90 Å². The van der Waals surface area contributed by atoms with Gasteiger partial charge in [0.15, 0.2) is 0 Å². The van der Waals surface area contributed by atoms with Crippen molar-refractivity contribution >= 4 is 17.7 Å². The summed E-state index contributed by atoms with van der Waals surface area (Å²) >= 11 is 0. The summed E-state index contributed by atoms with van der Waals surface area (Å²) in [5, 5.41) is 0. The molecule has 2 aliphatic heterocycles. The molecule has 3 heterocycles. The molecule has 2 aliphatic rings. The van der Waals surface area contributed by atoms with Gasteiger partial charge in [0.2, 0.25) is 0 Å². The molecule has 1 unspecified atom stereocenters. The van der Waals surface area contributed by atoms with Crippen LogP contribution in [0.1, 0.15) is 37.0 Å². The summed E-state index contributed by atoms with van der Waals surface area (Å²) in [4.78, 5) is 34.7. The molecule has 3 rings (SSSR count). The highest BCUT2D eigenvalue weighted by Crippen LogP contribution is 2.21. The third-order valence-electron chi connectivity index (χ3n) is 5.09. The van der Waals surface area contributed by atoms with E-state index in [1.54, 1.807) is 17.3 Å². The van der Waals surface area contributed by atoms with Crippen molar-refractivity contribution in [2.24, 2.45) is 5.92 Å². The lowest BCUT2D eigenvalue weighted by atomic mass is 10.00. The largest absolute Gasteiger partial charge is 0.450 e. The molecule has 1 atom stereocenters. The van der Waals surface area contributed by atoms with E-state index >= 15 is 0 Å². The topological polar surface area (TPSA) is 66.0 Å². The Morgan fingerprint density at radius 2 is 1.92 bits per heavy atom. The van der Waals surface area contributed by atoms with Crippen LogP contribution in [-0.2, 0) is 4.74 Å². The van der Waals surface area contributed by atoms with Gasteiger partial charge in [-0.1, -0.05) is 6.92 Å². The Labute approximate surface area is 154 Å². The van der Waals surface area contributed by atoms with E-state index in [1.165, 1.54) is 6.42 Å². The number of piperidine rings is 1. The van der Waals surface area contributed by atoms with Gasteiger partial charge in [-0.15, -0.1) is 0 Å². The van der Waals surface area contributed by atoms with E-state index in [-0.39, 0.29) is 12.0 Å². The maximum atomic E-state index is 12.8. The molecular weight excluding hydrogens is 332 g/mol. The predicted molar refractivity (Wildman–Crippen MR) is 99.3 cm³/mol. The van der Waals surface area contributed by atoms with Crippen LogP contribution in [-0.4, -0.2) is 72.7 Å². The van der Waals surface area contributed by atoms with Gasteiger partial charge < -0.3 is 19.4 Å². The molecule has 0 N–H and O–H groups in total. The summed E-state index contributed by atoms with van der Waals surface area (Å²) in [5.41, 5.74) is 1.58. The number of anilines is 1. The van der Waals surface area contributed by atoms with E-state index in [9.17, 15) is 9.59 Å². The summed E-state index contributed by atoms with van der Waals surface area (Å²) in [6.07, 6.45) is 5.44. The minimum absolute atomic E-state index is 0.0658. The second-order valence-corrected chi connectivity index (χ2v) is 7.10. The zero-order valence-corrected chi connectivity index (χ0v) is 15.7. The molecule has 0 aliphatic carbocycles. The standard InChI is InChI=1S/C19H28N4O3/c1-3-26-19(25)22-9-7-21(8-10-22)17-11-16(12-20-13-17)18(24)23-6-4-5-15(2)14-23/h11-13,15H,3-10,14H2,1-2H3. The Morgan fingerprint density at radius 3 is 2.62 bits per heavy atom. The zero-order valence-electron chi connectivity index (χ0n) is 15.7. The number of likely N-dealkylation sites (tertiary alicyclic amines) is 1. The number of carbonyl (C=O) groups is 2. The maximum Gasteiger partial charge on any atom is 0.409 e. The average Bonchev–Trinajstić information content (AvgIpc) is 2.68. The lowest BCUT2D eigenvalue weighted by Crippen LogP contribution is -2.49. The predicted octanol–water partition coefficient (Wildman–Crippen LogP) is 2.23. The molecule has 26 heavy (non-hydrogen) atoms. The maximum absolute atomic E-state index is 12.8. The first-order valence-electron chi connectivity index (χ1n) is 9.49. The summed E-state index contributed by atoms with van der Waals surface area (Å²) in [5.74, 6) is 0.621. The van der Waals surface area contributed by atoms with Crippen molar-refractivity contribution in [3.05, 3.63) is 24.0 Å². The Balaban J connectivity index is 1.63. The van der Waals surface area contributed by atoms with Crippen LogP contribution in [0.4, 0.5) is 10.5 Å². The molecule has 2 fully saturated rings. The van der Waals surface area contributed by atoms with Gasteiger partial charge in [-0.05, 0) is 31.7 Å². The molecule has 1 aromatic rings. The fraction of sp³-hybridized carbons (Fsp3) is 0.632. The summed E-state index contributed by atoms with van der Waals surface area (Å²) in [6.45, 7) is 8.68. The van der Waals surface area contributed by atoms with Crippen molar-refractivity contribution in [2.75, 3.05) is 50.8 Å². The first kappa shape index (κ1) is 18.5. The first-order chi connectivity index (χ1) is 12.6. The van der Waals surface area contributed by atoms with E-state index in [0.29, 0.717) is 44.3 Å². The molecule has 0 bridgehead atoms. The number of amides is 2. The minimum Gasteiger partial charge on any atom is -0.450 e. The minimum atomic E-state index is -0.256. The second-order valence-electron chi connectivity index (χ2n) is 7.10. The van der Waals surface area contributed by atoms with Crippen LogP contribution in [0.15, 0.2) is 18.5 Å². The van der Waals surface area contributed by atoms with Gasteiger partial charge >= 0.3 is 6.09 Å². The number of hydrogen-bond donors (Lipinski definition) is 0. The van der Waals surface area contributed by atoms with Crippen LogP contribution in [0.2, 0.25) is 0 Å². The lowest BCUT2D eigenvalue weighted by Gasteiger charge is -2.35. The van der Waals surface area contributed by atoms with E-state index in [2.05, 4.69) is 16.8 Å². The number of carbonyl (C=O) groups excluding carboxylic acids is 2. The summed E-state index contributed by atoms with van der Waals surface area (Å²) in [6, 6.07) is 1.93. The van der Waals surface area contributed by atoms with Gasteiger partial charge in [0.25, 0.3) is 5.91 Å². The van der Waals surface area contributed by atoms with E-state index in [4.69, 9.17) is 4.74 Å². The van der Waals surface area contributed by atoms with Crippen molar-refractivity contribution in [1.29, 1.82) is 0 Å². The van der Waals surface area contributed by atoms with Gasteiger partial charge in [0.05, 0.1) is 24.1 Å². The van der Waals surface area contributed by atoms with Crippen molar-refractivity contribution in [3.8, 4) is 0 Å². The number of piperazine rings is 1. The monoisotopic (exact) mass is 360 g/mol. The van der Waals surface area contributed by atoms with Crippen LogP contribution in [0.25, 0.3) is 0 Å². The van der Waals surface area contributed by atoms with Crippen molar-refractivity contribution < 1.29 is 14.3 Å². The molecule has 142 valence electrons. The molecule has 2 amide bonds. The van der Waals surface area contributed by atoms with Crippen molar-refractivity contribution in [1.82, 2.24) is 14.8 Å². The molecule has 0 aromatic carbocycles. The lowest BCUT2D eigenvalue weighted by molar-refractivity contribution is 0.0682. The Kier molecular flexibility index (Phi) is 5.96. The van der Waals surface area contributed by atoms with Gasteiger partial charge in [0, 0.05) is 45.5 Å². The van der Waals surface area contributed by atoms with Crippen molar-refractivity contribution in [3.63, 3.8) is 0 Å². The number of hydrogen-bond acceptors (Lipinski definition) is 5.